The SMILES string of the molecule is CC(C)(CNc1c(N)cnc2ccc(OCc3ccccc3)cc12)NC(=O)O. The number of rotatable bonds is 7. The number of amides is 1. The summed E-state index contributed by atoms with van der Waals surface area (Å²) >= 11 is 0. The Morgan fingerprint density at radius 2 is 1.96 bits per heavy atom. The van der Waals surface area contributed by atoms with Crippen molar-refractivity contribution in [2.45, 2.75) is 26.0 Å². The predicted molar refractivity (Wildman–Crippen MR) is 111 cm³/mol. The molecule has 2 aromatic carbocycles. The van der Waals surface area contributed by atoms with Crippen molar-refractivity contribution in [3.63, 3.8) is 0 Å². The molecule has 3 aromatic rings. The van der Waals surface area contributed by atoms with E-state index in [0.717, 1.165) is 16.5 Å². The molecule has 0 radical (unpaired) electrons. The Bertz CT molecular complexity index is 974. The van der Waals surface area contributed by atoms with Crippen LogP contribution < -0.4 is 21.1 Å². The molecule has 7 heteroatoms. The lowest BCUT2D eigenvalue weighted by atomic mass is 10.1. The number of aromatic nitrogens is 1. The first kappa shape index (κ1) is 19.3. The van der Waals surface area contributed by atoms with Crippen LogP contribution in [0.3, 0.4) is 0 Å². The first-order chi connectivity index (χ1) is 13.3. The van der Waals surface area contributed by atoms with Gasteiger partial charge in [-0.05, 0) is 37.6 Å². The van der Waals surface area contributed by atoms with Crippen LogP contribution in [0.5, 0.6) is 5.75 Å². The van der Waals surface area contributed by atoms with Crippen molar-refractivity contribution in [2.75, 3.05) is 17.6 Å². The molecule has 0 fully saturated rings. The molecule has 1 heterocycles. The molecule has 1 amide bonds. The van der Waals surface area contributed by atoms with E-state index >= 15 is 0 Å². The molecule has 0 saturated heterocycles. The van der Waals surface area contributed by atoms with E-state index in [2.05, 4.69) is 15.6 Å². The highest BCUT2D eigenvalue weighted by Gasteiger charge is 2.21. The van der Waals surface area contributed by atoms with Gasteiger partial charge in [-0.2, -0.15) is 0 Å². The number of nitrogens with two attached hydrogens (primary N) is 1. The Labute approximate surface area is 163 Å². The highest BCUT2D eigenvalue weighted by molar-refractivity contribution is 5.97. The summed E-state index contributed by atoms with van der Waals surface area (Å²) < 4.78 is 5.91. The third kappa shape index (κ3) is 4.82. The lowest BCUT2D eigenvalue weighted by Crippen LogP contribution is -2.47. The Morgan fingerprint density at radius 3 is 2.68 bits per heavy atom. The van der Waals surface area contributed by atoms with E-state index in [1.165, 1.54) is 0 Å². The number of pyridine rings is 1. The smallest absolute Gasteiger partial charge is 0.405 e. The fourth-order valence-electron chi connectivity index (χ4n) is 2.86. The number of anilines is 2. The molecule has 3 rings (SSSR count). The number of hydrogen-bond donors (Lipinski definition) is 4. The molecule has 0 atom stereocenters. The van der Waals surface area contributed by atoms with Gasteiger partial charge >= 0.3 is 6.09 Å². The zero-order valence-corrected chi connectivity index (χ0v) is 15.9. The third-order valence-corrected chi connectivity index (χ3v) is 4.27. The van der Waals surface area contributed by atoms with Crippen LogP contribution in [0, 0.1) is 0 Å². The van der Waals surface area contributed by atoms with Gasteiger partial charge in [-0.25, -0.2) is 4.79 Å². The number of benzene rings is 2. The minimum atomic E-state index is -1.07. The van der Waals surface area contributed by atoms with Gasteiger partial charge in [-0.3, -0.25) is 4.98 Å². The van der Waals surface area contributed by atoms with E-state index in [4.69, 9.17) is 15.6 Å². The maximum atomic E-state index is 10.9. The molecule has 7 nitrogen and oxygen atoms in total. The predicted octanol–water partition coefficient (Wildman–Crippen LogP) is 3.85. The van der Waals surface area contributed by atoms with Gasteiger partial charge in [0.25, 0.3) is 0 Å². The zero-order valence-electron chi connectivity index (χ0n) is 15.9. The Balaban J connectivity index is 1.83. The second-order valence-corrected chi connectivity index (χ2v) is 7.21. The highest BCUT2D eigenvalue weighted by Crippen LogP contribution is 2.31. The highest BCUT2D eigenvalue weighted by atomic mass is 16.5. The average molecular weight is 380 g/mol. The Kier molecular flexibility index (Phi) is 5.54. The van der Waals surface area contributed by atoms with Crippen LogP contribution >= 0.6 is 0 Å². The molecular weight excluding hydrogens is 356 g/mol. The van der Waals surface area contributed by atoms with Crippen LogP contribution in [0.4, 0.5) is 16.2 Å². The van der Waals surface area contributed by atoms with E-state index in [0.29, 0.717) is 30.3 Å². The molecule has 0 saturated carbocycles. The van der Waals surface area contributed by atoms with Crippen molar-refractivity contribution in [1.29, 1.82) is 0 Å². The molecule has 0 aliphatic carbocycles. The number of carboxylic acid groups (broad SMARTS) is 1. The van der Waals surface area contributed by atoms with E-state index in [1.807, 2.05) is 48.5 Å². The number of nitrogens with one attached hydrogen (secondary N) is 2. The minimum absolute atomic E-state index is 0.359. The van der Waals surface area contributed by atoms with Crippen LogP contribution in [0.25, 0.3) is 10.9 Å². The third-order valence-electron chi connectivity index (χ3n) is 4.27. The van der Waals surface area contributed by atoms with Crippen LogP contribution in [-0.2, 0) is 6.61 Å². The summed E-state index contributed by atoms with van der Waals surface area (Å²) in [4.78, 5) is 15.3. The molecule has 0 spiro atoms. The van der Waals surface area contributed by atoms with Crippen molar-refractivity contribution in [3.05, 3.63) is 60.3 Å². The maximum Gasteiger partial charge on any atom is 0.405 e. The normalized spacial score (nSPS) is 11.2. The van der Waals surface area contributed by atoms with Crippen molar-refractivity contribution in [2.24, 2.45) is 0 Å². The number of hydrogen-bond acceptors (Lipinski definition) is 5. The van der Waals surface area contributed by atoms with Gasteiger partial charge in [0, 0.05) is 11.9 Å². The van der Waals surface area contributed by atoms with Gasteiger partial charge in [0.15, 0.2) is 0 Å². The topological polar surface area (TPSA) is 110 Å². The fraction of sp³-hybridized carbons (Fsp3) is 0.238. The standard InChI is InChI=1S/C21H24N4O3/c1-21(2,25-20(26)27)13-24-19-16-10-15(8-9-18(16)23-11-17(19)22)28-12-14-6-4-3-5-7-14/h3-11,25H,12-13,22H2,1-2H3,(H,23,24)(H,26,27). The monoisotopic (exact) mass is 380 g/mol. The maximum absolute atomic E-state index is 10.9. The second-order valence-electron chi connectivity index (χ2n) is 7.21. The quantitative estimate of drug-likeness (QED) is 0.496. The first-order valence-corrected chi connectivity index (χ1v) is 8.94. The molecule has 0 aliphatic heterocycles. The largest absolute Gasteiger partial charge is 0.489 e. The van der Waals surface area contributed by atoms with Crippen molar-refractivity contribution < 1.29 is 14.6 Å². The molecule has 0 bridgehead atoms. The lowest BCUT2D eigenvalue weighted by Gasteiger charge is -2.26. The van der Waals surface area contributed by atoms with Gasteiger partial charge in [0.05, 0.1) is 28.6 Å². The van der Waals surface area contributed by atoms with Crippen molar-refractivity contribution >= 4 is 28.4 Å². The average Bonchev–Trinajstić information content (AvgIpc) is 2.65. The number of carbonyl (C=O) groups is 1. The van der Waals surface area contributed by atoms with Gasteiger partial charge in [-0.15, -0.1) is 0 Å². The molecule has 0 unspecified atom stereocenters. The Morgan fingerprint density at radius 1 is 1.21 bits per heavy atom. The molecule has 146 valence electrons. The Hall–Kier alpha value is -3.48. The van der Waals surface area contributed by atoms with Gasteiger partial charge < -0.3 is 26.2 Å². The van der Waals surface area contributed by atoms with Gasteiger partial charge in [-0.1, -0.05) is 30.3 Å². The van der Waals surface area contributed by atoms with Crippen LogP contribution in [0.15, 0.2) is 54.7 Å². The summed E-state index contributed by atoms with van der Waals surface area (Å²) in [5.74, 6) is 0.703. The van der Waals surface area contributed by atoms with Crippen LogP contribution in [0.1, 0.15) is 19.4 Å². The van der Waals surface area contributed by atoms with Crippen LogP contribution in [-0.4, -0.2) is 28.3 Å². The number of nitrogen functional groups attached to an aromatic ring is 1. The van der Waals surface area contributed by atoms with E-state index in [9.17, 15) is 4.79 Å². The van der Waals surface area contributed by atoms with Crippen molar-refractivity contribution in [1.82, 2.24) is 10.3 Å². The van der Waals surface area contributed by atoms with Crippen LogP contribution in [0.2, 0.25) is 0 Å². The van der Waals surface area contributed by atoms with E-state index in [1.54, 1.807) is 20.0 Å². The summed E-state index contributed by atoms with van der Waals surface area (Å²) in [6.45, 7) is 4.41. The molecule has 0 aliphatic rings. The number of fused-ring (bicyclic) bond motifs is 1. The first-order valence-electron chi connectivity index (χ1n) is 8.94. The summed E-state index contributed by atoms with van der Waals surface area (Å²) in [5.41, 5.74) is 8.50. The zero-order chi connectivity index (χ0) is 20.1. The number of nitrogens with zero attached hydrogens (tertiary/aromatic N) is 1. The second kappa shape index (κ2) is 8.04. The molecular formula is C21H24N4O3. The van der Waals surface area contributed by atoms with Gasteiger partial charge in [0.2, 0.25) is 0 Å². The van der Waals surface area contributed by atoms with Crippen molar-refractivity contribution in [3.8, 4) is 5.75 Å². The molecule has 5 N–H and O–H groups in total. The summed E-state index contributed by atoms with van der Waals surface area (Å²) in [6.07, 6.45) is 0.517. The minimum Gasteiger partial charge on any atom is -0.489 e. The number of ether oxygens (including phenoxy) is 1. The lowest BCUT2D eigenvalue weighted by molar-refractivity contribution is 0.183. The summed E-state index contributed by atoms with van der Waals surface area (Å²) in [5, 5.41) is 15.5. The molecule has 1 aromatic heterocycles. The van der Waals surface area contributed by atoms with E-state index < -0.39 is 11.6 Å². The summed E-state index contributed by atoms with van der Waals surface area (Å²) in [7, 11) is 0. The van der Waals surface area contributed by atoms with E-state index in [-0.39, 0.29) is 0 Å². The summed E-state index contributed by atoms with van der Waals surface area (Å²) in [6, 6.07) is 15.6. The van der Waals surface area contributed by atoms with Gasteiger partial charge in [0.1, 0.15) is 12.4 Å². The molecule has 28 heavy (non-hydrogen) atoms. The fourth-order valence-corrected chi connectivity index (χ4v) is 2.86.